The number of thioether (sulfide) groups is 1. The summed E-state index contributed by atoms with van der Waals surface area (Å²) in [6.07, 6.45) is 9.19. The first-order valence-corrected chi connectivity index (χ1v) is 8.67. The van der Waals surface area contributed by atoms with Crippen LogP contribution in [0.5, 0.6) is 0 Å². The fourth-order valence-electron chi connectivity index (χ4n) is 2.79. The van der Waals surface area contributed by atoms with Crippen LogP contribution in [-0.2, 0) is 14.3 Å². The standard InChI is InChI=1S/C15H23NO3S2/c1-18-13(19-2)10-16-14(17)12(21-15(16)20)9-8-11-6-4-3-5-7-11/h9,11,13H,3-8,10H2,1-2H3/b12-9-. The van der Waals surface area contributed by atoms with Crippen molar-refractivity contribution < 1.29 is 14.3 Å². The Bertz CT molecular complexity index is 415. The monoisotopic (exact) mass is 329 g/mol. The third kappa shape index (κ3) is 4.52. The average Bonchev–Trinajstić information content (AvgIpc) is 2.78. The molecular weight excluding hydrogens is 306 g/mol. The van der Waals surface area contributed by atoms with E-state index in [1.165, 1.54) is 43.9 Å². The van der Waals surface area contributed by atoms with E-state index in [1.54, 1.807) is 19.1 Å². The molecule has 1 aliphatic carbocycles. The second-order valence-corrected chi connectivity index (χ2v) is 7.17. The molecule has 21 heavy (non-hydrogen) atoms. The fraction of sp³-hybridized carbons (Fsp3) is 0.733. The van der Waals surface area contributed by atoms with Crippen LogP contribution in [-0.4, -0.2) is 42.2 Å². The molecule has 2 aliphatic rings. The molecule has 2 fully saturated rings. The molecule has 1 saturated carbocycles. The molecule has 2 rings (SSSR count). The van der Waals surface area contributed by atoms with E-state index in [0.717, 1.165) is 17.2 Å². The number of methoxy groups -OCH3 is 2. The molecule has 0 atom stereocenters. The van der Waals surface area contributed by atoms with Gasteiger partial charge in [-0.15, -0.1) is 0 Å². The number of amides is 1. The normalized spacial score (nSPS) is 22.8. The van der Waals surface area contributed by atoms with Gasteiger partial charge in [-0.2, -0.15) is 0 Å². The van der Waals surface area contributed by atoms with E-state index in [9.17, 15) is 4.79 Å². The van der Waals surface area contributed by atoms with E-state index in [4.69, 9.17) is 21.7 Å². The van der Waals surface area contributed by atoms with Crippen molar-refractivity contribution in [3.05, 3.63) is 11.0 Å². The summed E-state index contributed by atoms with van der Waals surface area (Å²) >= 11 is 6.69. The van der Waals surface area contributed by atoms with E-state index in [2.05, 4.69) is 6.08 Å². The first kappa shape index (κ1) is 16.9. The van der Waals surface area contributed by atoms with Gasteiger partial charge in [0.2, 0.25) is 0 Å². The van der Waals surface area contributed by atoms with Crippen LogP contribution in [0.3, 0.4) is 0 Å². The Morgan fingerprint density at radius 1 is 1.33 bits per heavy atom. The zero-order valence-corrected chi connectivity index (χ0v) is 14.3. The highest BCUT2D eigenvalue weighted by Crippen LogP contribution is 2.34. The number of carbonyl (C=O) groups is 1. The Labute approximate surface area is 136 Å². The minimum atomic E-state index is -0.440. The van der Waals surface area contributed by atoms with Gasteiger partial charge in [0.25, 0.3) is 5.91 Å². The molecule has 4 nitrogen and oxygen atoms in total. The molecule has 0 spiro atoms. The highest BCUT2D eigenvalue weighted by atomic mass is 32.2. The van der Waals surface area contributed by atoms with Gasteiger partial charge in [0.1, 0.15) is 4.32 Å². The molecular formula is C15H23NO3S2. The lowest BCUT2D eigenvalue weighted by molar-refractivity contribution is -0.134. The molecule has 0 unspecified atom stereocenters. The summed E-state index contributed by atoms with van der Waals surface area (Å²) in [5, 5.41) is 0. The van der Waals surface area contributed by atoms with E-state index in [0.29, 0.717) is 10.9 Å². The van der Waals surface area contributed by atoms with Gasteiger partial charge in [-0.1, -0.05) is 62.2 Å². The summed E-state index contributed by atoms with van der Waals surface area (Å²) in [5.74, 6) is 0.716. The Kier molecular flexibility index (Phi) is 6.67. The molecule has 118 valence electrons. The lowest BCUT2D eigenvalue weighted by Crippen LogP contribution is -2.37. The maximum Gasteiger partial charge on any atom is 0.266 e. The van der Waals surface area contributed by atoms with Crippen LogP contribution >= 0.6 is 24.0 Å². The fourth-order valence-corrected chi connectivity index (χ4v) is 4.05. The summed E-state index contributed by atoms with van der Waals surface area (Å²) in [7, 11) is 3.12. The van der Waals surface area contributed by atoms with Gasteiger partial charge in [0, 0.05) is 14.2 Å². The lowest BCUT2D eigenvalue weighted by atomic mass is 9.87. The van der Waals surface area contributed by atoms with E-state index in [-0.39, 0.29) is 5.91 Å². The van der Waals surface area contributed by atoms with Crippen LogP contribution in [0, 0.1) is 5.92 Å². The Hall–Kier alpha value is -0.430. The Balaban J connectivity index is 1.93. The van der Waals surface area contributed by atoms with Crippen molar-refractivity contribution in [2.24, 2.45) is 5.92 Å². The third-order valence-corrected chi connectivity index (χ3v) is 5.52. The zero-order valence-electron chi connectivity index (χ0n) is 12.7. The van der Waals surface area contributed by atoms with Crippen LogP contribution in [0.25, 0.3) is 0 Å². The molecule has 1 saturated heterocycles. The van der Waals surface area contributed by atoms with Crippen molar-refractivity contribution >= 4 is 34.2 Å². The molecule has 1 heterocycles. The Morgan fingerprint density at radius 3 is 2.62 bits per heavy atom. The molecule has 1 aliphatic heterocycles. The van der Waals surface area contributed by atoms with Crippen LogP contribution in [0.4, 0.5) is 0 Å². The molecule has 0 aromatic heterocycles. The second kappa shape index (κ2) is 8.27. The van der Waals surface area contributed by atoms with Gasteiger partial charge in [-0.05, 0) is 12.3 Å². The predicted molar refractivity (Wildman–Crippen MR) is 89.0 cm³/mol. The van der Waals surface area contributed by atoms with Crippen molar-refractivity contribution in [2.75, 3.05) is 20.8 Å². The highest BCUT2D eigenvalue weighted by Gasteiger charge is 2.33. The van der Waals surface area contributed by atoms with E-state index in [1.807, 2.05) is 0 Å². The number of rotatable bonds is 6. The SMILES string of the molecule is COC(CN1C(=O)/C(=C/CC2CCCCC2)SC1=S)OC. The quantitative estimate of drug-likeness (QED) is 0.425. The van der Waals surface area contributed by atoms with E-state index < -0.39 is 6.29 Å². The zero-order chi connectivity index (χ0) is 15.2. The molecule has 0 aromatic carbocycles. The number of nitrogens with zero attached hydrogens (tertiary/aromatic N) is 1. The molecule has 1 amide bonds. The molecule has 0 N–H and O–H groups in total. The molecule has 0 aromatic rings. The summed E-state index contributed by atoms with van der Waals surface area (Å²) in [5.41, 5.74) is 0. The smallest absolute Gasteiger partial charge is 0.266 e. The van der Waals surface area contributed by atoms with Crippen LogP contribution in [0.15, 0.2) is 11.0 Å². The van der Waals surface area contributed by atoms with Crippen LogP contribution < -0.4 is 0 Å². The Morgan fingerprint density at radius 2 is 2.00 bits per heavy atom. The van der Waals surface area contributed by atoms with Gasteiger partial charge in [0.15, 0.2) is 6.29 Å². The van der Waals surface area contributed by atoms with Crippen molar-refractivity contribution in [3.8, 4) is 0 Å². The lowest BCUT2D eigenvalue weighted by Gasteiger charge is -2.20. The van der Waals surface area contributed by atoms with E-state index >= 15 is 0 Å². The third-order valence-electron chi connectivity index (χ3n) is 4.09. The maximum absolute atomic E-state index is 12.4. The topological polar surface area (TPSA) is 38.8 Å². The number of hydrogen-bond acceptors (Lipinski definition) is 5. The average molecular weight is 329 g/mol. The first-order chi connectivity index (χ1) is 10.2. The second-order valence-electron chi connectivity index (χ2n) is 5.49. The van der Waals surface area contributed by atoms with Crippen LogP contribution in [0.1, 0.15) is 38.5 Å². The van der Waals surface area contributed by atoms with Gasteiger partial charge in [-0.3, -0.25) is 9.69 Å². The van der Waals surface area contributed by atoms with Gasteiger partial charge in [0.05, 0.1) is 11.4 Å². The summed E-state index contributed by atoms with van der Waals surface area (Å²) in [6.45, 7) is 0.346. The maximum atomic E-state index is 12.4. The van der Waals surface area contributed by atoms with Crippen molar-refractivity contribution in [1.29, 1.82) is 0 Å². The van der Waals surface area contributed by atoms with Gasteiger partial charge in [-0.25, -0.2) is 0 Å². The van der Waals surface area contributed by atoms with Crippen molar-refractivity contribution in [2.45, 2.75) is 44.8 Å². The number of thiocarbonyl (C=S) groups is 1. The molecule has 0 bridgehead atoms. The summed E-state index contributed by atoms with van der Waals surface area (Å²) in [4.78, 5) is 14.7. The van der Waals surface area contributed by atoms with Crippen LogP contribution in [0.2, 0.25) is 0 Å². The largest absolute Gasteiger partial charge is 0.354 e. The summed E-state index contributed by atoms with van der Waals surface area (Å²) < 4.78 is 10.9. The molecule has 6 heteroatoms. The highest BCUT2D eigenvalue weighted by molar-refractivity contribution is 8.26. The minimum Gasteiger partial charge on any atom is -0.354 e. The first-order valence-electron chi connectivity index (χ1n) is 7.45. The van der Waals surface area contributed by atoms with Gasteiger partial charge >= 0.3 is 0 Å². The summed E-state index contributed by atoms with van der Waals surface area (Å²) in [6, 6.07) is 0. The van der Waals surface area contributed by atoms with Crippen molar-refractivity contribution in [1.82, 2.24) is 4.90 Å². The number of hydrogen-bond donors (Lipinski definition) is 0. The van der Waals surface area contributed by atoms with Crippen molar-refractivity contribution in [3.63, 3.8) is 0 Å². The predicted octanol–water partition coefficient (Wildman–Crippen LogP) is 3.32. The molecule has 0 radical (unpaired) electrons. The number of allylic oxidation sites excluding steroid dienone is 1. The number of ether oxygens (including phenoxy) is 2. The van der Waals surface area contributed by atoms with Gasteiger partial charge < -0.3 is 9.47 Å². The minimum absolute atomic E-state index is 0.0140. The number of carbonyl (C=O) groups excluding carboxylic acids is 1.